The standard InChI is InChI=1S/C11H16N2S/c1-2-8-12-11(14)13-9-10-6-4-3-5-7-10/h3-7H,2,8-9H2,1H3,(H2,12,13,14). The lowest BCUT2D eigenvalue weighted by molar-refractivity contribution is 0.799. The Balaban J connectivity index is 2.24. The highest BCUT2D eigenvalue weighted by Crippen LogP contribution is 1.96. The van der Waals surface area contributed by atoms with Crippen molar-refractivity contribution in [3.05, 3.63) is 35.9 Å². The van der Waals surface area contributed by atoms with Crippen LogP contribution in [0.15, 0.2) is 30.3 Å². The topological polar surface area (TPSA) is 24.1 Å². The van der Waals surface area contributed by atoms with Gasteiger partial charge in [0.25, 0.3) is 0 Å². The number of benzene rings is 1. The Labute approximate surface area is 90.7 Å². The van der Waals surface area contributed by atoms with Gasteiger partial charge in [0.1, 0.15) is 0 Å². The van der Waals surface area contributed by atoms with Gasteiger partial charge >= 0.3 is 0 Å². The normalized spacial score (nSPS) is 9.50. The van der Waals surface area contributed by atoms with Crippen molar-refractivity contribution < 1.29 is 0 Å². The lowest BCUT2D eigenvalue weighted by Crippen LogP contribution is -2.35. The van der Waals surface area contributed by atoms with Gasteiger partial charge in [-0.05, 0) is 24.2 Å². The lowest BCUT2D eigenvalue weighted by Gasteiger charge is -2.09. The molecule has 0 heterocycles. The maximum atomic E-state index is 5.10. The third-order valence-corrected chi connectivity index (χ3v) is 2.12. The second-order valence-corrected chi connectivity index (χ2v) is 3.50. The molecule has 1 rings (SSSR count). The van der Waals surface area contributed by atoms with Crippen molar-refractivity contribution in [1.82, 2.24) is 10.6 Å². The van der Waals surface area contributed by atoms with E-state index in [4.69, 9.17) is 12.2 Å². The van der Waals surface area contributed by atoms with Crippen molar-refractivity contribution in [2.45, 2.75) is 19.9 Å². The fourth-order valence-electron chi connectivity index (χ4n) is 1.08. The molecular weight excluding hydrogens is 192 g/mol. The second-order valence-electron chi connectivity index (χ2n) is 3.10. The quantitative estimate of drug-likeness (QED) is 0.741. The highest BCUT2D eigenvalue weighted by atomic mass is 32.1. The highest BCUT2D eigenvalue weighted by molar-refractivity contribution is 7.80. The van der Waals surface area contributed by atoms with Crippen LogP contribution in [0.3, 0.4) is 0 Å². The molecule has 0 aliphatic carbocycles. The number of nitrogens with one attached hydrogen (secondary N) is 2. The fraction of sp³-hybridized carbons (Fsp3) is 0.364. The monoisotopic (exact) mass is 208 g/mol. The summed E-state index contributed by atoms with van der Waals surface area (Å²) in [4.78, 5) is 0. The average Bonchev–Trinajstić information content (AvgIpc) is 2.25. The molecule has 3 heteroatoms. The van der Waals surface area contributed by atoms with Gasteiger partial charge in [0.05, 0.1) is 0 Å². The van der Waals surface area contributed by atoms with Gasteiger partial charge in [0.2, 0.25) is 0 Å². The third kappa shape index (κ3) is 4.23. The molecule has 1 aromatic carbocycles. The third-order valence-electron chi connectivity index (χ3n) is 1.83. The molecule has 1 aromatic rings. The molecule has 2 nitrogen and oxygen atoms in total. The van der Waals surface area contributed by atoms with E-state index in [9.17, 15) is 0 Å². The SMILES string of the molecule is CCCNC(=S)NCc1ccccc1. The van der Waals surface area contributed by atoms with E-state index in [1.807, 2.05) is 18.2 Å². The minimum atomic E-state index is 0.732. The molecule has 0 fully saturated rings. The first-order valence-electron chi connectivity index (χ1n) is 4.88. The molecule has 2 N–H and O–H groups in total. The van der Waals surface area contributed by atoms with Crippen LogP contribution < -0.4 is 10.6 Å². The van der Waals surface area contributed by atoms with E-state index in [1.54, 1.807) is 0 Å². The molecule has 76 valence electrons. The van der Waals surface area contributed by atoms with Crippen molar-refractivity contribution in [1.29, 1.82) is 0 Å². The van der Waals surface area contributed by atoms with Crippen LogP contribution in [0.5, 0.6) is 0 Å². The summed E-state index contributed by atoms with van der Waals surface area (Å²) in [5, 5.41) is 7.01. The zero-order valence-corrected chi connectivity index (χ0v) is 9.23. The van der Waals surface area contributed by atoms with Gasteiger partial charge in [-0.25, -0.2) is 0 Å². The van der Waals surface area contributed by atoms with E-state index in [0.29, 0.717) is 0 Å². The molecule has 0 amide bonds. The van der Waals surface area contributed by atoms with Crippen molar-refractivity contribution in [3.63, 3.8) is 0 Å². The van der Waals surface area contributed by atoms with Crippen molar-refractivity contribution in [2.24, 2.45) is 0 Å². The Morgan fingerprint density at radius 3 is 2.57 bits per heavy atom. The molecular formula is C11H16N2S. The average molecular weight is 208 g/mol. The van der Waals surface area contributed by atoms with E-state index in [1.165, 1.54) is 5.56 Å². The van der Waals surface area contributed by atoms with Gasteiger partial charge in [0, 0.05) is 13.1 Å². The largest absolute Gasteiger partial charge is 0.363 e. The summed E-state index contributed by atoms with van der Waals surface area (Å²) in [6.45, 7) is 3.84. The van der Waals surface area contributed by atoms with Crippen LogP contribution in [-0.4, -0.2) is 11.7 Å². The summed E-state index contributed by atoms with van der Waals surface area (Å²) < 4.78 is 0. The molecule has 0 saturated carbocycles. The van der Waals surface area contributed by atoms with Crippen LogP contribution in [0.4, 0.5) is 0 Å². The zero-order valence-electron chi connectivity index (χ0n) is 8.42. The highest BCUT2D eigenvalue weighted by Gasteiger charge is 1.93. The Hall–Kier alpha value is -1.09. The number of hydrogen-bond acceptors (Lipinski definition) is 1. The number of thiocarbonyl (C=S) groups is 1. The summed E-state index contributed by atoms with van der Waals surface area (Å²) in [6, 6.07) is 10.2. The van der Waals surface area contributed by atoms with Gasteiger partial charge < -0.3 is 10.6 Å². The van der Waals surface area contributed by atoms with Gasteiger partial charge in [-0.15, -0.1) is 0 Å². The maximum Gasteiger partial charge on any atom is 0.166 e. The summed E-state index contributed by atoms with van der Waals surface area (Å²) in [5.41, 5.74) is 1.24. The van der Waals surface area contributed by atoms with Gasteiger partial charge in [-0.2, -0.15) is 0 Å². The van der Waals surface area contributed by atoms with Crippen molar-refractivity contribution >= 4 is 17.3 Å². The van der Waals surface area contributed by atoms with Crippen molar-refractivity contribution in [3.8, 4) is 0 Å². The van der Waals surface area contributed by atoms with Crippen LogP contribution in [0.2, 0.25) is 0 Å². The minimum Gasteiger partial charge on any atom is -0.363 e. The van der Waals surface area contributed by atoms with Crippen molar-refractivity contribution in [2.75, 3.05) is 6.54 Å². The van der Waals surface area contributed by atoms with Gasteiger partial charge in [0.15, 0.2) is 5.11 Å². The number of rotatable bonds is 4. The van der Waals surface area contributed by atoms with Gasteiger partial charge in [-0.3, -0.25) is 0 Å². The van der Waals surface area contributed by atoms with E-state index in [2.05, 4.69) is 29.7 Å². The second kappa shape index (κ2) is 6.38. The molecule has 0 saturated heterocycles. The van der Waals surface area contributed by atoms with E-state index in [-0.39, 0.29) is 0 Å². The Morgan fingerprint density at radius 2 is 1.93 bits per heavy atom. The van der Waals surface area contributed by atoms with Gasteiger partial charge in [-0.1, -0.05) is 37.3 Å². The van der Waals surface area contributed by atoms with Crippen LogP contribution >= 0.6 is 12.2 Å². The summed E-state index contributed by atoms with van der Waals surface area (Å²) in [5.74, 6) is 0. The summed E-state index contributed by atoms with van der Waals surface area (Å²) >= 11 is 5.10. The number of hydrogen-bond donors (Lipinski definition) is 2. The zero-order chi connectivity index (χ0) is 10.2. The Bertz CT molecular complexity index is 272. The summed E-state index contributed by atoms with van der Waals surface area (Å²) in [7, 11) is 0. The first-order valence-corrected chi connectivity index (χ1v) is 5.29. The predicted octanol–water partition coefficient (Wildman–Crippen LogP) is 2.06. The molecule has 0 aromatic heterocycles. The van der Waals surface area contributed by atoms with E-state index in [0.717, 1.165) is 24.6 Å². The van der Waals surface area contributed by atoms with E-state index < -0.39 is 0 Å². The first-order chi connectivity index (χ1) is 6.83. The molecule has 0 aliphatic rings. The Morgan fingerprint density at radius 1 is 1.21 bits per heavy atom. The smallest absolute Gasteiger partial charge is 0.166 e. The first kappa shape index (κ1) is 11.0. The molecule has 0 radical (unpaired) electrons. The summed E-state index contributed by atoms with van der Waals surface area (Å²) in [6.07, 6.45) is 1.09. The Kier molecular flexibility index (Phi) is 5.00. The molecule has 0 bridgehead atoms. The fourth-order valence-corrected chi connectivity index (χ4v) is 1.25. The van der Waals surface area contributed by atoms with Crippen LogP contribution in [-0.2, 0) is 6.54 Å². The molecule has 14 heavy (non-hydrogen) atoms. The predicted molar refractivity (Wildman–Crippen MR) is 64.2 cm³/mol. The van der Waals surface area contributed by atoms with Crippen LogP contribution in [0.25, 0.3) is 0 Å². The lowest BCUT2D eigenvalue weighted by atomic mass is 10.2. The molecule has 0 unspecified atom stereocenters. The molecule has 0 atom stereocenters. The molecule has 0 aliphatic heterocycles. The minimum absolute atomic E-state index is 0.732. The van der Waals surface area contributed by atoms with Crippen LogP contribution in [0.1, 0.15) is 18.9 Å². The van der Waals surface area contributed by atoms with Crippen LogP contribution in [0, 0.1) is 0 Å². The maximum absolute atomic E-state index is 5.10. The van der Waals surface area contributed by atoms with E-state index >= 15 is 0 Å². The molecule has 0 spiro atoms.